The van der Waals surface area contributed by atoms with Crippen LogP contribution in [0.15, 0.2) is 41.6 Å². The average Bonchev–Trinajstić information content (AvgIpc) is 2.32. The van der Waals surface area contributed by atoms with Gasteiger partial charge < -0.3 is 5.11 Å². The minimum Gasteiger partial charge on any atom is -0.480 e. The van der Waals surface area contributed by atoms with Crippen molar-refractivity contribution in [3.63, 3.8) is 0 Å². The molecule has 0 saturated carbocycles. The molecule has 6 heteroatoms. The predicted octanol–water partition coefficient (Wildman–Crippen LogP) is 0.390. The Morgan fingerprint density at radius 2 is 2.12 bits per heavy atom. The maximum Gasteiger partial charge on any atom is 0.323 e. The third kappa shape index (κ3) is 2.54. The second-order valence-electron chi connectivity index (χ2n) is 3.35. The molecule has 6 nitrogen and oxygen atoms in total. The van der Waals surface area contributed by atoms with Crippen LogP contribution in [0.4, 0.5) is 0 Å². The number of carbonyl (C=O) groups is 1. The Morgan fingerprint density at radius 1 is 1.29 bits per heavy atom. The topological polar surface area (TPSA) is 85.1 Å². The molecular formula is C11H9N3O3. The van der Waals surface area contributed by atoms with Gasteiger partial charge in [-0.2, -0.15) is 0 Å². The van der Waals surface area contributed by atoms with Gasteiger partial charge in [0, 0.05) is 12.3 Å². The van der Waals surface area contributed by atoms with Crippen LogP contribution in [0.25, 0.3) is 11.4 Å². The quantitative estimate of drug-likeness (QED) is 0.825. The Hall–Kier alpha value is -2.50. The van der Waals surface area contributed by atoms with Crippen LogP contribution in [0.2, 0.25) is 0 Å². The second kappa shape index (κ2) is 4.56. The van der Waals surface area contributed by atoms with Crippen molar-refractivity contribution in [3.8, 4) is 11.4 Å². The van der Waals surface area contributed by atoms with E-state index in [2.05, 4.69) is 9.97 Å². The minimum atomic E-state index is -1.08. The molecule has 0 atom stereocenters. The summed E-state index contributed by atoms with van der Waals surface area (Å²) in [5.41, 5.74) is 0.590. The molecule has 2 aromatic heterocycles. The van der Waals surface area contributed by atoms with Gasteiger partial charge >= 0.3 is 5.97 Å². The highest BCUT2D eigenvalue weighted by molar-refractivity contribution is 5.66. The molecule has 0 bridgehead atoms. The lowest BCUT2D eigenvalue weighted by molar-refractivity contribution is -0.137. The number of hydrogen-bond acceptors (Lipinski definition) is 4. The molecule has 2 heterocycles. The van der Waals surface area contributed by atoms with Crippen molar-refractivity contribution >= 4 is 5.97 Å². The zero-order valence-electron chi connectivity index (χ0n) is 8.78. The zero-order chi connectivity index (χ0) is 12.3. The molecule has 0 saturated heterocycles. The molecule has 0 spiro atoms. The lowest BCUT2D eigenvalue weighted by atomic mass is 10.2. The molecule has 2 rings (SSSR count). The highest BCUT2D eigenvalue weighted by Gasteiger charge is 2.05. The number of carboxylic acid groups (broad SMARTS) is 1. The van der Waals surface area contributed by atoms with Gasteiger partial charge in [0.1, 0.15) is 6.54 Å². The monoisotopic (exact) mass is 231 g/mol. The molecule has 17 heavy (non-hydrogen) atoms. The molecule has 0 radical (unpaired) electrons. The van der Waals surface area contributed by atoms with Crippen molar-refractivity contribution in [1.29, 1.82) is 0 Å². The summed E-state index contributed by atoms with van der Waals surface area (Å²) in [6.45, 7) is -0.395. The van der Waals surface area contributed by atoms with Gasteiger partial charge in [-0.05, 0) is 12.1 Å². The van der Waals surface area contributed by atoms with E-state index in [4.69, 9.17) is 5.11 Å². The maximum absolute atomic E-state index is 11.6. The fourth-order valence-electron chi connectivity index (χ4n) is 1.34. The first kappa shape index (κ1) is 11.0. The molecule has 2 aromatic rings. The van der Waals surface area contributed by atoms with E-state index in [0.29, 0.717) is 11.4 Å². The van der Waals surface area contributed by atoms with Crippen molar-refractivity contribution in [3.05, 3.63) is 47.1 Å². The Labute approximate surface area is 96.2 Å². The van der Waals surface area contributed by atoms with Crippen LogP contribution in [0, 0.1) is 0 Å². The van der Waals surface area contributed by atoms with Gasteiger partial charge in [0.25, 0.3) is 5.56 Å². The van der Waals surface area contributed by atoms with Gasteiger partial charge in [-0.25, -0.2) is 4.98 Å². The third-order valence-corrected chi connectivity index (χ3v) is 2.11. The fourth-order valence-corrected chi connectivity index (χ4v) is 1.34. The van der Waals surface area contributed by atoms with Crippen LogP contribution in [0.3, 0.4) is 0 Å². The lowest BCUT2D eigenvalue weighted by Crippen LogP contribution is -2.23. The zero-order valence-corrected chi connectivity index (χ0v) is 8.78. The molecular weight excluding hydrogens is 222 g/mol. The number of nitrogens with zero attached hydrogens (tertiary/aromatic N) is 3. The van der Waals surface area contributed by atoms with E-state index in [1.165, 1.54) is 12.4 Å². The van der Waals surface area contributed by atoms with Gasteiger partial charge in [0.05, 0.1) is 17.7 Å². The summed E-state index contributed by atoms with van der Waals surface area (Å²) < 4.78 is 1.02. The summed E-state index contributed by atoms with van der Waals surface area (Å²) in [6, 6.07) is 6.54. The van der Waals surface area contributed by atoms with Crippen molar-refractivity contribution < 1.29 is 9.90 Å². The molecule has 0 aromatic carbocycles. The second-order valence-corrected chi connectivity index (χ2v) is 3.35. The van der Waals surface area contributed by atoms with Gasteiger partial charge in [-0.1, -0.05) is 6.07 Å². The number of carboxylic acids is 1. The lowest BCUT2D eigenvalue weighted by Gasteiger charge is -2.02. The molecule has 0 aliphatic heterocycles. The Kier molecular flexibility index (Phi) is 2.95. The molecule has 0 aliphatic carbocycles. The standard InChI is InChI=1S/C11H9N3O3/c15-10-5-9(8-3-1-2-4-12-8)13-7-14(10)6-11(16)17/h1-5,7H,6H2,(H,16,17). The third-order valence-electron chi connectivity index (χ3n) is 2.11. The molecule has 0 aliphatic rings. The molecule has 0 fully saturated rings. The van der Waals surface area contributed by atoms with E-state index in [0.717, 1.165) is 4.57 Å². The number of aromatic nitrogens is 3. The molecule has 86 valence electrons. The summed E-state index contributed by atoms with van der Waals surface area (Å²) in [6.07, 6.45) is 2.81. The van der Waals surface area contributed by atoms with E-state index in [-0.39, 0.29) is 0 Å². The van der Waals surface area contributed by atoms with Crippen molar-refractivity contribution in [2.75, 3.05) is 0 Å². The van der Waals surface area contributed by atoms with E-state index in [1.807, 2.05) is 0 Å². The number of pyridine rings is 1. The smallest absolute Gasteiger partial charge is 0.323 e. The van der Waals surface area contributed by atoms with Crippen LogP contribution in [0.1, 0.15) is 0 Å². The van der Waals surface area contributed by atoms with Gasteiger partial charge in [-0.3, -0.25) is 19.1 Å². The fraction of sp³-hybridized carbons (Fsp3) is 0.0909. The molecule has 1 N–H and O–H groups in total. The van der Waals surface area contributed by atoms with Crippen LogP contribution >= 0.6 is 0 Å². The first-order valence-corrected chi connectivity index (χ1v) is 4.86. The van der Waals surface area contributed by atoms with Crippen LogP contribution < -0.4 is 5.56 Å². The number of aliphatic carboxylic acids is 1. The van der Waals surface area contributed by atoms with Crippen LogP contribution in [-0.2, 0) is 11.3 Å². The largest absolute Gasteiger partial charge is 0.480 e. The van der Waals surface area contributed by atoms with Crippen molar-refractivity contribution in [2.24, 2.45) is 0 Å². The SMILES string of the molecule is O=C(O)Cn1cnc(-c2ccccn2)cc1=O. The normalized spacial score (nSPS) is 10.1. The number of rotatable bonds is 3. The maximum atomic E-state index is 11.6. The summed E-state index contributed by atoms with van der Waals surface area (Å²) in [7, 11) is 0. The van der Waals surface area contributed by atoms with E-state index in [1.54, 1.807) is 24.4 Å². The van der Waals surface area contributed by atoms with Crippen molar-refractivity contribution in [2.45, 2.75) is 6.54 Å². The number of hydrogen-bond donors (Lipinski definition) is 1. The van der Waals surface area contributed by atoms with E-state index in [9.17, 15) is 9.59 Å². The van der Waals surface area contributed by atoms with E-state index >= 15 is 0 Å². The van der Waals surface area contributed by atoms with Gasteiger partial charge in [0.2, 0.25) is 0 Å². The summed E-state index contributed by atoms with van der Waals surface area (Å²) in [5, 5.41) is 8.58. The van der Waals surface area contributed by atoms with Gasteiger partial charge in [0.15, 0.2) is 0 Å². The van der Waals surface area contributed by atoms with E-state index < -0.39 is 18.1 Å². The first-order chi connectivity index (χ1) is 8.16. The van der Waals surface area contributed by atoms with Crippen molar-refractivity contribution in [1.82, 2.24) is 14.5 Å². The highest BCUT2D eigenvalue weighted by Crippen LogP contribution is 2.09. The predicted molar refractivity (Wildman–Crippen MR) is 59.4 cm³/mol. The van der Waals surface area contributed by atoms with Gasteiger partial charge in [-0.15, -0.1) is 0 Å². The Morgan fingerprint density at radius 3 is 2.71 bits per heavy atom. The average molecular weight is 231 g/mol. The first-order valence-electron chi connectivity index (χ1n) is 4.86. The minimum absolute atomic E-state index is 0.395. The Balaban J connectivity index is 2.38. The summed E-state index contributed by atoms with van der Waals surface area (Å²) >= 11 is 0. The van der Waals surface area contributed by atoms with Crippen LogP contribution in [-0.4, -0.2) is 25.6 Å². The molecule has 0 amide bonds. The van der Waals surface area contributed by atoms with Crippen LogP contribution in [0.5, 0.6) is 0 Å². The molecule has 0 unspecified atom stereocenters. The Bertz CT molecular complexity index is 592. The summed E-state index contributed by atoms with van der Waals surface area (Å²) in [4.78, 5) is 30.1. The summed E-state index contributed by atoms with van der Waals surface area (Å²) in [5.74, 6) is -1.08. The highest BCUT2D eigenvalue weighted by atomic mass is 16.4.